The van der Waals surface area contributed by atoms with Crippen molar-refractivity contribution in [3.8, 4) is 0 Å². The minimum absolute atomic E-state index is 0.00141. The Labute approximate surface area is 115 Å². The van der Waals surface area contributed by atoms with E-state index in [0.29, 0.717) is 11.1 Å². The first-order chi connectivity index (χ1) is 9.28. The number of fused-ring (bicyclic) bond motifs is 1. The Balaban J connectivity index is 2.50. The van der Waals surface area contributed by atoms with Gasteiger partial charge in [-0.15, -0.1) is 0 Å². The molecule has 0 saturated heterocycles. The summed E-state index contributed by atoms with van der Waals surface area (Å²) in [6, 6.07) is 1.64. The molecule has 0 aliphatic rings. The van der Waals surface area contributed by atoms with Crippen LogP contribution in [0.2, 0.25) is 0 Å². The van der Waals surface area contributed by atoms with E-state index in [2.05, 4.69) is 9.97 Å². The standard InChI is InChI=1S/C11H10F3N3O2S/c1-6-2-3-15-9-8(6)16-10(20-4-7(18)19)17(9)5-11(12,13)14/h2-3H,4-5H2,1H3,(H,18,19). The molecular weight excluding hydrogens is 295 g/mol. The highest BCUT2D eigenvalue weighted by molar-refractivity contribution is 7.99. The van der Waals surface area contributed by atoms with Crippen molar-refractivity contribution in [1.82, 2.24) is 14.5 Å². The molecule has 0 atom stereocenters. The number of alkyl halides is 3. The summed E-state index contributed by atoms with van der Waals surface area (Å²) in [5, 5.41) is 8.63. The first-order valence-corrected chi connectivity index (χ1v) is 6.49. The maximum Gasteiger partial charge on any atom is 0.406 e. The SMILES string of the molecule is Cc1ccnc2c1nc(SCC(=O)O)n2CC(F)(F)F. The molecule has 5 nitrogen and oxygen atoms in total. The normalized spacial score (nSPS) is 12.0. The summed E-state index contributed by atoms with van der Waals surface area (Å²) in [5.74, 6) is -1.48. The number of hydrogen-bond acceptors (Lipinski definition) is 4. The van der Waals surface area contributed by atoms with Crippen molar-refractivity contribution in [2.75, 3.05) is 5.75 Å². The molecule has 0 radical (unpaired) electrons. The van der Waals surface area contributed by atoms with Gasteiger partial charge in [0, 0.05) is 6.20 Å². The van der Waals surface area contributed by atoms with Crippen LogP contribution in [-0.4, -0.2) is 37.5 Å². The quantitative estimate of drug-likeness (QED) is 0.879. The third kappa shape index (κ3) is 3.21. The van der Waals surface area contributed by atoms with E-state index in [1.165, 1.54) is 6.20 Å². The van der Waals surface area contributed by atoms with Crippen molar-refractivity contribution in [2.45, 2.75) is 24.8 Å². The molecule has 0 spiro atoms. The fourth-order valence-electron chi connectivity index (χ4n) is 1.68. The molecule has 0 saturated carbocycles. The van der Waals surface area contributed by atoms with Gasteiger partial charge in [-0.1, -0.05) is 11.8 Å². The second-order valence-electron chi connectivity index (χ2n) is 4.08. The largest absolute Gasteiger partial charge is 0.481 e. The van der Waals surface area contributed by atoms with E-state index in [1.807, 2.05) is 0 Å². The number of imidazole rings is 1. The number of carboxylic acids is 1. The molecule has 2 heterocycles. The van der Waals surface area contributed by atoms with E-state index < -0.39 is 18.7 Å². The van der Waals surface area contributed by atoms with Gasteiger partial charge < -0.3 is 5.11 Å². The van der Waals surface area contributed by atoms with Crippen LogP contribution in [0.25, 0.3) is 11.2 Å². The predicted octanol–water partition coefficient (Wildman–Crippen LogP) is 2.48. The molecule has 9 heteroatoms. The summed E-state index contributed by atoms with van der Waals surface area (Å²) in [6.45, 7) is 0.461. The van der Waals surface area contributed by atoms with E-state index in [-0.39, 0.29) is 16.6 Å². The Morgan fingerprint density at radius 3 is 2.80 bits per heavy atom. The van der Waals surface area contributed by atoms with Crippen molar-refractivity contribution in [3.63, 3.8) is 0 Å². The van der Waals surface area contributed by atoms with E-state index in [9.17, 15) is 18.0 Å². The third-order valence-corrected chi connectivity index (χ3v) is 3.42. The van der Waals surface area contributed by atoms with Gasteiger partial charge in [0.15, 0.2) is 10.8 Å². The van der Waals surface area contributed by atoms with E-state index in [0.717, 1.165) is 16.3 Å². The van der Waals surface area contributed by atoms with Crippen molar-refractivity contribution < 1.29 is 23.1 Å². The Morgan fingerprint density at radius 1 is 1.50 bits per heavy atom. The molecule has 2 aromatic heterocycles. The average Bonchev–Trinajstić information content (AvgIpc) is 2.65. The van der Waals surface area contributed by atoms with Crippen LogP contribution in [-0.2, 0) is 11.3 Å². The molecule has 20 heavy (non-hydrogen) atoms. The van der Waals surface area contributed by atoms with E-state index >= 15 is 0 Å². The molecule has 0 aliphatic heterocycles. The van der Waals surface area contributed by atoms with Crippen LogP contribution in [0.3, 0.4) is 0 Å². The summed E-state index contributed by atoms with van der Waals surface area (Å²) >= 11 is 0.743. The zero-order chi connectivity index (χ0) is 14.9. The molecule has 0 aromatic carbocycles. The van der Waals surface area contributed by atoms with Crippen LogP contribution in [0.1, 0.15) is 5.56 Å². The third-order valence-electron chi connectivity index (χ3n) is 2.46. The number of nitrogens with zero attached hydrogens (tertiary/aromatic N) is 3. The monoisotopic (exact) mass is 305 g/mol. The maximum absolute atomic E-state index is 12.6. The molecular formula is C11H10F3N3O2S. The average molecular weight is 305 g/mol. The van der Waals surface area contributed by atoms with Crippen LogP contribution >= 0.6 is 11.8 Å². The minimum Gasteiger partial charge on any atom is -0.481 e. The molecule has 0 fully saturated rings. The second kappa shape index (κ2) is 5.31. The smallest absolute Gasteiger partial charge is 0.406 e. The number of rotatable bonds is 4. The fraction of sp³-hybridized carbons (Fsp3) is 0.364. The van der Waals surface area contributed by atoms with Crippen LogP contribution in [0.4, 0.5) is 13.2 Å². The highest BCUT2D eigenvalue weighted by atomic mass is 32.2. The van der Waals surface area contributed by atoms with Crippen molar-refractivity contribution in [2.24, 2.45) is 0 Å². The van der Waals surface area contributed by atoms with Crippen LogP contribution in [0.5, 0.6) is 0 Å². The van der Waals surface area contributed by atoms with Crippen LogP contribution in [0.15, 0.2) is 17.4 Å². The fourth-order valence-corrected chi connectivity index (χ4v) is 2.39. The summed E-state index contributed by atoms with van der Waals surface area (Å²) in [6.07, 6.45) is -3.03. The van der Waals surface area contributed by atoms with Gasteiger partial charge in [0.25, 0.3) is 0 Å². The number of hydrogen-bond donors (Lipinski definition) is 1. The van der Waals surface area contributed by atoms with E-state index in [4.69, 9.17) is 5.11 Å². The van der Waals surface area contributed by atoms with Gasteiger partial charge in [-0.2, -0.15) is 13.2 Å². The summed E-state index contributed by atoms with van der Waals surface area (Å²) in [5.41, 5.74) is 1.15. The van der Waals surface area contributed by atoms with Gasteiger partial charge >= 0.3 is 12.1 Å². The number of aliphatic carboxylic acids is 1. The van der Waals surface area contributed by atoms with Crippen molar-refractivity contribution in [1.29, 1.82) is 0 Å². The van der Waals surface area contributed by atoms with Crippen LogP contribution < -0.4 is 0 Å². The molecule has 108 valence electrons. The highest BCUT2D eigenvalue weighted by Crippen LogP contribution is 2.28. The number of halogens is 3. The number of pyridine rings is 1. The molecule has 1 N–H and O–H groups in total. The summed E-state index contributed by atoms with van der Waals surface area (Å²) in [4.78, 5) is 18.5. The number of aryl methyl sites for hydroxylation is 1. The van der Waals surface area contributed by atoms with Gasteiger partial charge in [-0.25, -0.2) is 9.97 Å². The lowest BCUT2D eigenvalue weighted by molar-refractivity contribution is -0.141. The molecule has 2 rings (SSSR count). The first-order valence-electron chi connectivity index (χ1n) is 5.51. The minimum atomic E-state index is -4.43. The number of carboxylic acid groups (broad SMARTS) is 1. The lowest BCUT2D eigenvalue weighted by atomic mass is 10.3. The van der Waals surface area contributed by atoms with Gasteiger partial charge in [0.1, 0.15) is 12.1 Å². The summed E-state index contributed by atoms with van der Waals surface area (Å²) < 4.78 is 38.8. The van der Waals surface area contributed by atoms with Gasteiger partial charge in [-0.05, 0) is 18.6 Å². The molecule has 0 unspecified atom stereocenters. The van der Waals surface area contributed by atoms with Crippen LogP contribution in [0, 0.1) is 6.92 Å². The molecule has 0 amide bonds. The Kier molecular flexibility index (Phi) is 3.89. The van der Waals surface area contributed by atoms with Gasteiger partial charge in [0.05, 0.1) is 5.75 Å². The lowest BCUT2D eigenvalue weighted by Gasteiger charge is -2.10. The molecule has 0 bridgehead atoms. The Hall–Kier alpha value is -1.77. The number of carbonyl (C=O) groups is 1. The predicted molar refractivity (Wildman–Crippen MR) is 66.7 cm³/mol. The molecule has 0 aliphatic carbocycles. The zero-order valence-electron chi connectivity index (χ0n) is 10.3. The summed E-state index contributed by atoms with van der Waals surface area (Å²) in [7, 11) is 0. The zero-order valence-corrected chi connectivity index (χ0v) is 11.1. The van der Waals surface area contributed by atoms with Gasteiger partial charge in [-0.3, -0.25) is 9.36 Å². The van der Waals surface area contributed by atoms with Crippen molar-refractivity contribution in [3.05, 3.63) is 17.8 Å². The maximum atomic E-state index is 12.6. The van der Waals surface area contributed by atoms with Gasteiger partial charge in [0.2, 0.25) is 0 Å². The second-order valence-corrected chi connectivity index (χ2v) is 5.02. The first kappa shape index (κ1) is 14.6. The topological polar surface area (TPSA) is 68.0 Å². The number of aromatic nitrogens is 3. The highest BCUT2D eigenvalue weighted by Gasteiger charge is 2.31. The van der Waals surface area contributed by atoms with Crippen molar-refractivity contribution >= 4 is 28.9 Å². The molecule has 2 aromatic rings. The Bertz CT molecular complexity index is 654. The van der Waals surface area contributed by atoms with E-state index in [1.54, 1.807) is 13.0 Å². The lowest BCUT2D eigenvalue weighted by Crippen LogP contribution is -2.18. The Morgan fingerprint density at radius 2 is 2.20 bits per heavy atom. The number of thioether (sulfide) groups is 1.